The van der Waals surface area contributed by atoms with Crippen LogP contribution < -0.4 is 5.32 Å². The minimum Gasteiger partial charge on any atom is -0.452 e. The lowest BCUT2D eigenvalue weighted by Gasteiger charge is -2.20. The maximum atomic E-state index is 12.9. The fourth-order valence-corrected chi connectivity index (χ4v) is 5.09. The molecule has 0 bridgehead atoms. The Morgan fingerprint density at radius 2 is 1.81 bits per heavy atom. The molecule has 8 nitrogen and oxygen atoms in total. The number of carbonyl (C=O) groups excluding carboxylic acids is 2. The monoisotopic (exact) mass is 485 g/mol. The van der Waals surface area contributed by atoms with E-state index in [1.807, 2.05) is 0 Å². The second-order valence-corrected chi connectivity index (χ2v) is 9.74. The van der Waals surface area contributed by atoms with Crippen LogP contribution in [0.2, 0.25) is 10.0 Å². The van der Waals surface area contributed by atoms with Crippen molar-refractivity contribution in [3.05, 3.63) is 52.1 Å². The summed E-state index contributed by atoms with van der Waals surface area (Å²) in [6, 6.07) is 7.02. The highest BCUT2D eigenvalue weighted by atomic mass is 35.5. The summed E-state index contributed by atoms with van der Waals surface area (Å²) < 4.78 is 32.3. The maximum absolute atomic E-state index is 12.9. The molecule has 2 heterocycles. The van der Waals surface area contributed by atoms with Crippen LogP contribution in [0.5, 0.6) is 0 Å². The zero-order chi connectivity index (χ0) is 22.4. The van der Waals surface area contributed by atoms with Crippen molar-refractivity contribution in [2.45, 2.75) is 30.6 Å². The van der Waals surface area contributed by atoms with Crippen LogP contribution in [0.15, 0.2) is 41.4 Å². The van der Waals surface area contributed by atoms with E-state index in [9.17, 15) is 18.0 Å². The lowest BCUT2D eigenvalue weighted by molar-refractivity contribution is -0.119. The standard InChI is InChI=1S/C20H21Cl2N3O5S/c21-15-11-17(22)19(23-12-15)24-18(26)13-30-20(27)14-6-5-7-16(10-14)31(28,29)25-8-3-1-2-4-9-25/h5-7,10-12H,1-4,8-9,13H2,(H,23,24,26). The van der Waals surface area contributed by atoms with Gasteiger partial charge in [0.25, 0.3) is 5.91 Å². The SMILES string of the molecule is O=C(COC(=O)c1cccc(S(=O)(=O)N2CCCCCC2)c1)Nc1ncc(Cl)cc1Cl. The molecule has 1 aromatic carbocycles. The average Bonchev–Trinajstić information content (AvgIpc) is 3.04. The van der Waals surface area contributed by atoms with E-state index in [1.165, 1.54) is 40.8 Å². The second kappa shape index (κ2) is 10.4. The van der Waals surface area contributed by atoms with Gasteiger partial charge in [-0.3, -0.25) is 4.79 Å². The maximum Gasteiger partial charge on any atom is 0.338 e. The largest absolute Gasteiger partial charge is 0.452 e. The molecule has 1 saturated heterocycles. The number of nitrogens with one attached hydrogen (secondary N) is 1. The van der Waals surface area contributed by atoms with E-state index in [-0.39, 0.29) is 21.3 Å². The molecule has 1 amide bonds. The van der Waals surface area contributed by atoms with Gasteiger partial charge >= 0.3 is 5.97 Å². The molecule has 1 aliphatic rings. The van der Waals surface area contributed by atoms with Crippen LogP contribution in [0.25, 0.3) is 0 Å². The van der Waals surface area contributed by atoms with Gasteiger partial charge in [-0.1, -0.05) is 42.1 Å². The van der Waals surface area contributed by atoms with Crippen LogP contribution in [0.1, 0.15) is 36.0 Å². The van der Waals surface area contributed by atoms with Crippen molar-refractivity contribution >= 4 is 50.9 Å². The van der Waals surface area contributed by atoms with Gasteiger partial charge in [-0.05, 0) is 37.1 Å². The van der Waals surface area contributed by atoms with Crippen LogP contribution >= 0.6 is 23.2 Å². The normalized spacial score (nSPS) is 15.2. The first-order valence-corrected chi connectivity index (χ1v) is 11.9. The summed E-state index contributed by atoms with van der Waals surface area (Å²) in [7, 11) is -3.71. The first-order chi connectivity index (χ1) is 14.8. The number of sulfonamides is 1. The minimum absolute atomic E-state index is 0.0189. The van der Waals surface area contributed by atoms with Crippen molar-refractivity contribution in [1.82, 2.24) is 9.29 Å². The topological polar surface area (TPSA) is 106 Å². The van der Waals surface area contributed by atoms with Gasteiger partial charge in [0.15, 0.2) is 12.4 Å². The van der Waals surface area contributed by atoms with Crippen LogP contribution in [-0.2, 0) is 19.6 Å². The van der Waals surface area contributed by atoms with Gasteiger partial charge in [-0.2, -0.15) is 4.31 Å². The van der Waals surface area contributed by atoms with Gasteiger partial charge < -0.3 is 10.1 Å². The lowest BCUT2D eigenvalue weighted by Crippen LogP contribution is -2.32. The number of amides is 1. The smallest absolute Gasteiger partial charge is 0.338 e. The summed E-state index contributed by atoms with van der Waals surface area (Å²) >= 11 is 11.7. The highest BCUT2D eigenvalue weighted by molar-refractivity contribution is 7.89. The Morgan fingerprint density at radius 1 is 1.10 bits per heavy atom. The van der Waals surface area contributed by atoms with E-state index in [0.29, 0.717) is 18.1 Å². The number of pyridine rings is 1. The number of hydrogen-bond donors (Lipinski definition) is 1. The Balaban J connectivity index is 1.63. The van der Waals surface area contributed by atoms with Gasteiger partial charge in [-0.25, -0.2) is 18.2 Å². The highest BCUT2D eigenvalue weighted by Crippen LogP contribution is 2.23. The van der Waals surface area contributed by atoms with E-state index in [1.54, 1.807) is 0 Å². The van der Waals surface area contributed by atoms with Crippen LogP contribution in [0.4, 0.5) is 5.82 Å². The number of halogens is 2. The zero-order valence-corrected chi connectivity index (χ0v) is 18.8. The molecule has 166 valence electrons. The predicted molar refractivity (Wildman–Crippen MR) is 117 cm³/mol. The summed E-state index contributed by atoms with van der Waals surface area (Å²) in [6.07, 6.45) is 4.92. The summed E-state index contributed by atoms with van der Waals surface area (Å²) in [4.78, 5) is 28.3. The molecule has 11 heteroatoms. The molecule has 0 unspecified atom stereocenters. The Bertz CT molecular complexity index is 1070. The molecule has 0 atom stereocenters. The van der Waals surface area contributed by atoms with Gasteiger partial charge in [0, 0.05) is 19.3 Å². The average molecular weight is 486 g/mol. The molecular formula is C20H21Cl2N3O5S. The van der Waals surface area contributed by atoms with Crippen LogP contribution in [0, 0.1) is 0 Å². The van der Waals surface area contributed by atoms with Crippen LogP contribution in [0.3, 0.4) is 0 Å². The molecule has 1 N–H and O–H groups in total. The lowest BCUT2D eigenvalue weighted by atomic mass is 10.2. The predicted octanol–water partition coefficient (Wildman–Crippen LogP) is 3.75. The van der Waals surface area contributed by atoms with Crippen molar-refractivity contribution in [3.8, 4) is 0 Å². The highest BCUT2D eigenvalue weighted by Gasteiger charge is 2.26. The fourth-order valence-electron chi connectivity index (χ4n) is 3.10. The van der Waals surface area contributed by atoms with E-state index in [2.05, 4.69) is 10.3 Å². The number of esters is 1. The van der Waals surface area contributed by atoms with Crippen molar-refractivity contribution in [1.29, 1.82) is 0 Å². The van der Waals surface area contributed by atoms with Crippen molar-refractivity contribution in [3.63, 3.8) is 0 Å². The number of benzene rings is 1. The summed E-state index contributed by atoms with van der Waals surface area (Å²) in [5.74, 6) is -1.39. The number of anilines is 1. The van der Waals surface area contributed by atoms with Crippen molar-refractivity contribution < 1.29 is 22.7 Å². The van der Waals surface area contributed by atoms with Gasteiger partial charge in [0.05, 0.1) is 20.5 Å². The van der Waals surface area contributed by atoms with Gasteiger partial charge in [-0.15, -0.1) is 0 Å². The molecule has 0 radical (unpaired) electrons. The third kappa shape index (κ3) is 6.16. The minimum atomic E-state index is -3.71. The quantitative estimate of drug-likeness (QED) is 0.624. The Labute approximate surface area is 190 Å². The third-order valence-corrected chi connectivity index (χ3v) is 7.06. The molecule has 1 fully saturated rings. The molecule has 0 aliphatic carbocycles. The Kier molecular flexibility index (Phi) is 7.88. The first kappa shape index (κ1) is 23.5. The van der Waals surface area contributed by atoms with Crippen molar-refractivity contribution in [2.75, 3.05) is 25.0 Å². The van der Waals surface area contributed by atoms with E-state index in [4.69, 9.17) is 27.9 Å². The Morgan fingerprint density at radius 3 is 2.48 bits per heavy atom. The second-order valence-electron chi connectivity index (χ2n) is 6.95. The van der Waals surface area contributed by atoms with Gasteiger partial charge in [0.1, 0.15) is 0 Å². The Hall–Kier alpha value is -2.20. The van der Waals surface area contributed by atoms with E-state index >= 15 is 0 Å². The zero-order valence-electron chi connectivity index (χ0n) is 16.5. The molecule has 0 saturated carbocycles. The molecule has 31 heavy (non-hydrogen) atoms. The number of carbonyl (C=O) groups is 2. The molecule has 2 aromatic rings. The number of nitrogens with zero attached hydrogens (tertiary/aromatic N) is 2. The molecule has 3 rings (SSSR count). The third-order valence-electron chi connectivity index (χ3n) is 4.67. The van der Waals surface area contributed by atoms with Gasteiger partial charge in [0.2, 0.25) is 10.0 Å². The number of ether oxygens (including phenoxy) is 1. The number of rotatable bonds is 6. The van der Waals surface area contributed by atoms with E-state index < -0.39 is 28.5 Å². The number of hydrogen-bond acceptors (Lipinski definition) is 6. The molecule has 1 aliphatic heterocycles. The number of aromatic nitrogens is 1. The summed E-state index contributed by atoms with van der Waals surface area (Å²) in [5, 5.41) is 2.86. The summed E-state index contributed by atoms with van der Waals surface area (Å²) in [5.41, 5.74) is 0.0337. The van der Waals surface area contributed by atoms with Crippen LogP contribution in [-0.4, -0.2) is 49.3 Å². The molecule has 1 aromatic heterocycles. The van der Waals surface area contributed by atoms with Crippen molar-refractivity contribution in [2.24, 2.45) is 0 Å². The fraction of sp³-hybridized carbons (Fsp3) is 0.350. The molecular weight excluding hydrogens is 465 g/mol. The molecule has 0 spiro atoms. The summed E-state index contributed by atoms with van der Waals surface area (Å²) in [6.45, 7) is 0.319. The first-order valence-electron chi connectivity index (χ1n) is 9.65. The van der Waals surface area contributed by atoms with E-state index in [0.717, 1.165) is 25.7 Å².